The zero-order valence-electron chi connectivity index (χ0n) is 13.9. The van der Waals surface area contributed by atoms with E-state index in [-0.39, 0.29) is 36.2 Å². The zero-order chi connectivity index (χ0) is 16.2. The molecule has 1 aromatic rings. The molecule has 0 aliphatic carbocycles. The SMILES string of the molecule is Cl.NCC1CCCCN1C(=O)CCC1Cc2ccccc2NC1=O. The molecule has 6 heteroatoms. The predicted molar refractivity (Wildman–Crippen MR) is 97.2 cm³/mol. The number of benzene rings is 1. The average Bonchev–Trinajstić information content (AvgIpc) is 2.59. The van der Waals surface area contributed by atoms with Crippen LogP contribution in [-0.4, -0.2) is 35.8 Å². The van der Waals surface area contributed by atoms with Gasteiger partial charge in [-0.2, -0.15) is 0 Å². The van der Waals surface area contributed by atoms with E-state index in [2.05, 4.69) is 5.32 Å². The first-order valence-corrected chi connectivity index (χ1v) is 8.57. The van der Waals surface area contributed by atoms with E-state index in [1.807, 2.05) is 29.2 Å². The number of piperidine rings is 1. The number of fused-ring (bicyclic) bond motifs is 1. The van der Waals surface area contributed by atoms with E-state index in [1.165, 1.54) is 0 Å². The predicted octanol–water partition coefficient (Wildman–Crippen LogP) is 2.34. The van der Waals surface area contributed by atoms with Gasteiger partial charge in [0.15, 0.2) is 0 Å². The van der Waals surface area contributed by atoms with Gasteiger partial charge in [0, 0.05) is 37.2 Å². The van der Waals surface area contributed by atoms with E-state index < -0.39 is 0 Å². The number of likely N-dealkylation sites (tertiary alicyclic amines) is 1. The van der Waals surface area contributed by atoms with Gasteiger partial charge in [-0.25, -0.2) is 0 Å². The van der Waals surface area contributed by atoms with E-state index >= 15 is 0 Å². The molecule has 0 aromatic heterocycles. The Balaban J connectivity index is 0.00000208. The summed E-state index contributed by atoms with van der Waals surface area (Å²) < 4.78 is 0. The number of hydrogen-bond acceptors (Lipinski definition) is 3. The topological polar surface area (TPSA) is 75.4 Å². The van der Waals surface area contributed by atoms with Gasteiger partial charge in [-0.05, 0) is 43.7 Å². The second-order valence-electron chi connectivity index (χ2n) is 6.56. The maximum absolute atomic E-state index is 12.5. The highest BCUT2D eigenvalue weighted by atomic mass is 35.5. The number of nitrogens with two attached hydrogens (primary N) is 1. The van der Waals surface area contributed by atoms with Crippen molar-refractivity contribution in [2.24, 2.45) is 11.7 Å². The summed E-state index contributed by atoms with van der Waals surface area (Å²) in [7, 11) is 0. The van der Waals surface area contributed by atoms with E-state index in [0.29, 0.717) is 19.4 Å². The highest BCUT2D eigenvalue weighted by Gasteiger charge is 2.29. The molecule has 2 aliphatic rings. The molecular formula is C18H26ClN3O2. The van der Waals surface area contributed by atoms with Crippen molar-refractivity contribution < 1.29 is 9.59 Å². The maximum atomic E-state index is 12.5. The van der Waals surface area contributed by atoms with Crippen LogP contribution in [0.5, 0.6) is 0 Å². The number of carbonyl (C=O) groups is 2. The van der Waals surface area contributed by atoms with Crippen LogP contribution in [0, 0.1) is 5.92 Å². The third-order valence-corrected chi connectivity index (χ3v) is 5.04. The average molecular weight is 352 g/mol. The summed E-state index contributed by atoms with van der Waals surface area (Å²) in [6, 6.07) is 8.05. The summed E-state index contributed by atoms with van der Waals surface area (Å²) in [6.07, 6.45) is 4.95. The molecule has 1 saturated heterocycles. The van der Waals surface area contributed by atoms with Gasteiger partial charge < -0.3 is 16.0 Å². The Morgan fingerprint density at radius 1 is 1.29 bits per heavy atom. The lowest BCUT2D eigenvalue weighted by Gasteiger charge is -2.35. The van der Waals surface area contributed by atoms with Gasteiger partial charge in [0.05, 0.1) is 0 Å². The first-order valence-electron chi connectivity index (χ1n) is 8.57. The molecule has 24 heavy (non-hydrogen) atoms. The molecule has 0 radical (unpaired) electrons. The highest BCUT2D eigenvalue weighted by molar-refractivity contribution is 5.96. The van der Waals surface area contributed by atoms with Gasteiger partial charge in [-0.3, -0.25) is 9.59 Å². The van der Waals surface area contributed by atoms with Crippen molar-refractivity contribution in [2.45, 2.75) is 44.6 Å². The minimum atomic E-state index is -0.116. The number of halogens is 1. The first kappa shape index (κ1) is 18.7. The van der Waals surface area contributed by atoms with Crippen molar-refractivity contribution in [1.82, 2.24) is 4.90 Å². The molecule has 132 valence electrons. The van der Waals surface area contributed by atoms with Crippen LogP contribution in [0.2, 0.25) is 0 Å². The van der Waals surface area contributed by atoms with Crippen molar-refractivity contribution in [3.05, 3.63) is 29.8 Å². The summed E-state index contributed by atoms with van der Waals surface area (Å²) in [5.41, 5.74) is 7.84. The minimum Gasteiger partial charge on any atom is -0.338 e. The lowest BCUT2D eigenvalue weighted by atomic mass is 9.89. The summed E-state index contributed by atoms with van der Waals surface area (Å²) in [5.74, 6) is 0.0623. The molecule has 2 unspecified atom stereocenters. The van der Waals surface area contributed by atoms with Gasteiger partial charge in [-0.1, -0.05) is 18.2 Å². The monoisotopic (exact) mass is 351 g/mol. The van der Waals surface area contributed by atoms with Crippen molar-refractivity contribution in [3.63, 3.8) is 0 Å². The van der Waals surface area contributed by atoms with Crippen molar-refractivity contribution in [3.8, 4) is 0 Å². The lowest BCUT2D eigenvalue weighted by molar-refractivity contribution is -0.135. The largest absolute Gasteiger partial charge is 0.338 e. The first-order chi connectivity index (χ1) is 11.2. The molecular weight excluding hydrogens is 326 g/mol. The summed E-state index contributed by atoms with van der Waals surface area (Å²) in [5, 5.41) is 2.95. The van der Waals surface area contributed by atoms with Gasteiger partial charge in [0.2, 0.25) is 11.8 Å². The molecule has 2 heterocycles. The highest BCUT2D eigenvalue weighted by Crippen LogP contribution is 2.28. The van der Waals surface area contributed by atoms with E-state index in [4.69, 9.17) is 5.73 Å². The fourth-order valence-corrected chi connectivity index (χ4v) is 3.66. The van der Waals surface area contributed by atoms with Crippen LogP contribution in [0.4, 0.5) is 5.69 Å². The van der Waals surface area contributed by atoms with Gasteiger partial charge in [-0.15, -0.1) is 12.4 Å². The molecule has 3 N–H and O–H groups in total. The number of nitrogens with one attached hydrogen (secondary N) is 1. The minimum absolute atomic E-state index is 0. The number of anilines is 1. The standard InChI is InChI=1S/C18H25N3O2.ClH/c19-12-15-6-3-4-10-21(15)17(22)9-8-14-11-13-5-1-2-7-16(13)20-18(14)23;/h1-2,5,7,14-15H,3-4,6,8-12,19H2,(H,20,23);1H. The lowest BCUT2D eigenvalue weighted by Crippen LogP contribution is -2.47. The molecule has 2 aliphatic heterocycles. The van der Waals surface area contributed by atoms with Gasteiger partial charge in [0.1, 0.15) is 0 Å². The fraction of sp³-hybridized carbons (Fsp3) is 0.556. The Morgan fingerprint density at radius 2 is 2.08 bits per heavy atom. The molecule has 2 amide bonds. The second kappa shape index (κ2) is 8.49. The molecule has 3 rings (SSSR count). The number of carbonyl (C=O) groups excluding carboxylic acids is 2. The van der Waals surface area contributed by atoms with Crippen molar-refractivity contribution in [2.75, 3.05) is 18.4 Å². The Morgan fingerprint density at radius 3 is 2.88 bits per heavy atom. The second-order valence-corrected chi connectivity index (χ2v) is 6.56. The molecule has 1 aromatic carbocycles. The molecule has 5 nitrogen and oxygen atoms in total. The van der Waals surface area contributed by atoms with Crippen LogP contribution >= 0.6 is 12.4 Å². The van der Waals surface area contributed by atoms with Crippen LogP contribution in [0.3, 0.4) is 0 Å². The van der Waals surface area contributed by atoms with Crippen LogP contribution in [0.15, 0.2) is 24.3 Å². The van der Waals surface area contributed by atoms with Gasteiger partial charge >= 0.3 is 0 Å². The Bertz CT molecular complexity index is 593. The van der Waals surface area contributed by atoms with E-state index in [1.54, 1.807) is 0 Å². The van der Waals surface area contributed by atoms with Crippen LogP contribution in [0.1, 0.15) is 37.7 Å². The van der Waals surface area contributed by atoms with Crippen LogP contribution in [0.25, 0.3) is 0 Å². The Labute approximate surface area is 149 Å². The van der Waals surface area contributed by atoms with Crippen LogP contribution in [-0.2, 0) is 16.0 Å². The number of hydrogen-bond donors (Lipinski definition) is 2. The number of nitrogens with zero attached hydrogens (tertiary/aromatic N) is 1. The summed E-state index contributed by atoms with van der Waals surface area (Å²) >= 11 is 0. The third-order valence-electron chi connectivity index (χ3n) is 5.04. The quantitative estimate of drug-likeness (QED) is 0.874. The number of rotatable bonds is 4. The van der Waals surface area contributed by atoms with E-state index in [0.717, 1.165) is 43.5 Å². The smallest absolute Gasteiger partial charge is 0.227 e. The summed E-state index contributed by atoms with van der Waals surface area (Å²) in [6.45, 7) is 1.34. The van der Waals surface area contributed by atoms with Crippen molar-refractivity contribution in [1.29, 1.82) is 0 Å². The molecule has 2 atom stereocenters. The zero-order valence-corrected chi connectivity index (χ0v) is 14.7. The molecule has 0 saturated carbocycles. The number of para-hydroxylation sites is 1. The molecule has 0 spiro atoms. The third kappa shape index (κ3) is 4.08. The van der Waals surface area contributed by atoms with Gasteiger partial charge in [0.25, 0.3) is 0 Å². The maximum Gasteiger partial charge on any atom is 0.227 e. The van der Waals surface area contributed by atoms with E-state index in [9.17, 15) is 9.59 Å². The van der Waals surface area contributed by atoms with Crippen molar-refractivity contribution >= 4 is 29.9 Å². The number of amides is 2. The van der Waals surface area contributed by atoms with Crippen LogP contribution < -0.4 is 11.1 Å². The summed E-state index contributed by atoms with van der Waals surface area (Å²) in [4.78, 5) is 26.6. The normalized spacial score (nSPS) is 23.0. The Hall–Kier alpha value is -1.59. The molecule has 1 fully saturated rings. The Kier molecular flexibility index (Phi) is 6.63. The fourth-order valence-electron chi connectivity index (χ4n) is 3.66. The molecule has 0 bridgehead atoms.